The van der Waals surface area contributed by atoms with Crippen molar-refractivity contribution in [2.75, 3.05) is 0 Å². The van der Waals surface area contributed by atoms with Gasteiger partial charge in [0, 0.05) is 42.1 Å². The van der Waals surface area contributed by atoms with Crippen molar-refractivity contribution >= 4 is 53.3 Å². The Morgan fingerprint density at radius 1 is 0.380 bits per heavy atom. The molecule has 3 aromatic heterocycles. The summed E-state index contributed by atoms with van der Waals surface area (Å²) in [6.07, 6.45) is 0. The second-order valence-electron chi connectivity index (χ2n) is 12.4. The van der Waals surface area contributed by atoms with E-state index in [1.54, 1.807) is 11.3 Å². The molecule has 0 spiro atoms. The molecule has 0 aliphatic heterocycles. The molecule has 0 aliphatic carbocycles. The van der Waals surface area contributed by atoms with Gasteiger partial charge >= 0.3 is 0 Å². The molecule has 5 heteroatoms. The van der Waals surface area contributed by atoms with E-state index in [4.69, 9.17) is 15.0 Å². The summed E-state index contributed by atoms with van der Waals surface area (Å²) in [4.78, 5) is 15.6. The molecular formula is C45H28N4S. The Morgan fingerprint density at radius 3 is 1.64 bits per heavy atom. The molecule has 50 heavy (non-hydrogen) atoms. The summed E-state index contributed by atoms with van der Waals surface area (Å²) in [7, 11) is 0. The molecule has 4 nitrogen and oxygen atoms in total. The first-order valence-electron chi connectivity index (χ1n) is 16.7. The van der Waals surface area contributed by atoms with Crippen LogP contribution >= 0.6 is 11.3 Å². The average Bonchev–Trinajstić information content (AvgIpc) is 3.74. The quantitative estimate of drug-likeness (QED) is 0.185. The number of aromatic nitrogens is 4. The van der Waals surface area contributed by atoms with Gasteiger partial charge in [-0.1, -0.05) is 140 Å². The van der Waals surface area contributed by atoms with Crippen LogP contribution in [0.4, 0.5) is 0 Å². The molecule has 0 radical (unpaired) electrons. The number of nitrogens with zero attached hydrogens (tertiary/aromatic N) is 4. The Balaban J connectivity index is 1.35. The fraction of sp³-hybridized carbons (Fsp3) is 0. The van der Waals surface area contributed by atoms with Gasteiger partial charge in [0.15, 0.2) is 17.5 Å². The van der Waals surface area contributed by atoms with Gasteiger partial charge < -0.3 is 4.57 Å². The van der Waals surface area contributed by atoms with E-state index in [0.717, 1.165) is 38.8 Å². The second kappa shape index (κ2) is 11.6. The predicted octanol–water partition coefficient (Wildman–Crippen LogP) is 12.0. The van der Waals surface area contributed by atoms with Crippen LogP contribution < -0.4 is 0 Å². The zero-order valence-electron chi connectivity index (χ0n) is 26.9. The van der Waals surface area contributed by atoms with Crippen LogP contribution in [0.25, 0.3) is 93.0 Å². The van der Waals surface area contributed by atoms with E-state index < -0.39 is 0 Å². The van der Waals surface area contributed by atoms with Crippen molar-refractivity contribution in [1.29, 1.82) is 0 Å². The van der Waals surface area contributed by atoms with Crippen LogP contribution in [0.3, 0.4) is 0 Å². The number of benzene rings is 7. The molecule has 0 unspecified atom stereocenters. The van der Waals surface area contributed by atoms with Crippen LogP contribution in [0.5, 0.6) is 0 Å². The van der Waals surface area contributed by atoms with Gasteiger partial charge in [-0.15, -0.1) is 11.3 Å². The molecule has 0 saturated carbocycles. The minimum absolute atomic E-state index is 0.644. The summed E-state index contributed by atoms with van der Waals surface area (Å²) in [6.45, 7) is 0. The lowest BCUT2D eigenvalue weighted by molar-refractivity contribution is 1.07. The molecule has 10 rings (SSSR count). The molecule has 234 valence electrons. The third kappa shape index (κ3) is 4.63. The van der Waals surface area contributed by atoms with E-state index in [-0.39, 0.29) is 0 Å². The maximum atomic E-state index is 5.30. The van der Waals surface area contributed by atoms with Crippen molar-refractivity contribution in [3.05, 3.63) is 170 Å². The van der Waals surface area contributed by atoms with E-state index in [1.165, 1.54) is 36.7 Å². The third-order valence-corrected chi connectivity index (χ3v) is 10.6. The molecule has 10 aromatic rings. The lowest BCUT2D eigenvalue weighted by Gasteiger charge is -2.16. The SMILES string of the molecule is c1ccc(-c2ccc3c4ccccc4n(-c4ccc5sc6ccccc6c5c4-c4nc(-c5ccccc5)nc(-c5ccccc5)n4)c3c2)cc1. The molecule has 0 bridgehead atoms. The smallest absolute Gasteiger partial charge is 0.166 e. The third-order valence-electron chi connectivity index (χ3n) is 9.47. The number of rotatable bonds is 5. The van der Waals surface area contributed by atoms with Gasteiger partial charge in [-0.25, -0.2) is 15.0 Å². The fourth-order valence-corrected chi connectivity index (χ4v) is 8.29. The first-order chi connectivity index (χ1) is 24.8. The minimum Gasteiger partial charge on any atom is -0.308 e. The van der Waals surface area contributed by atoms with Crippen LogP contribution in [0.2, 0.25) is 0 Å². The first-order valence-corrected chi connectivity index (χ1v) is 17.5. The minimum atomic E-state index is 0.644. The second-order valence-corrected chi connectivity index (χ2v) is 13.5. The Bertz CT molecular complexity index is 2800. The summed E-state index contributed by atoms with van der Waals surface area (Å²) in [5, 5.41) is 4.75. The number of fused-ring (bicyclic) bond motifs is 6. The van der Waals surface area contributed by atoms with Gasteiger partial charge in [0.25, 0.3) is 0 Å². The summed E-state index contributed by atoms with van der Waals surface area (Å²) in [6, 6.07) is 59.7. The Morgan fingerprint density at radius 2 is 0.940 bits per heavy atom. The molecule has 3 heterocycles. The van der Waals surface area contributed by atoms with Gasteiger partial charge in [0.1, 0.15) is 0 Å². The molecule has 0 fully saturated rings. The van der Waals surface area contributed by atoms with Crippen LogP contribution in [-0.4, -0.2) is 19.5 Å². The number of para-hydroxylation sites is 1. The Kier molecular flexibility index (Phi) is 6.64. The van der Waals surface area contributed by atoms with Crippen molar-refractivity contribution < 1.29 is 0 Å². The van der Waals surface area contributed by atoms with E-state index in [0.29, 0.717) is 17.5 Å². The zero-order valence-corrected chi connectivity index (χ0v) is 27.7. The van der Waals surface area contributed by atoms with Crippen molar-refractivity contribution in [2.45, 2.75) is 0 Å². The Hall–Kier alpha value is -6.43. The highest BCUT2D eigenvalue weighted by molar-refractivity contribution is 7.26. The van der Waals surface area contributed by atoms with Gasteiger partial charge in [-0.3, -0.25) is 0 Å². The number of hydrogen-bond acceptors (Lipinski definition) is 4. The average molecular weight is 657 g/mol. The molecule has 0 aliphatic rings. The maximum absolute atomic E-state index is 5.30. The highest BCUT2D eigenvalue weighted by atomic mass is 32.1. The van der Waals surface area contributed by atoms with E-state index in [9.17, 15) is 0 Å². The fourth-order valence-electron chi connectivity index (χ4n) is 7.18. The molecule has 7 aromatic carbocycles. The molecule has 0 N–H and O–H groups in total. The maximum Gasteiger partial charge on any atom is 0.166 e. The standard InChI is InChI=1S/C45H28N4S/c1-4-14-29(15-5-1)32-24-25-34-33-20-10-12-22-36(33)49(38(34)28-32)37-26-27-40-41(35-21-11-13-23-39(35)50-40)42(37)45-47-43(30-16-6-2-7-17-30)46-44(48-45)31-18-8-3-9-19-31/h1-28H. The van der Waals surface area contributed by atoms with Crippen molar-refractivity contribution in [3.63, 3.8) is 0 Å². The molecule has 0 amide bonds. The molecular weight excluding hydrogens is 629 g/mol. The summed E-state index contributed by atoms with van der Waals surface area (Å²) in [5.74, 6) is 1.93. The predicted molar refractivity (Wildman–Crippen MR) is 209 cm³/mol. The van der Waals surface area contributed by atoms with Crippen LogP contribution in [0, 0.1) is 0 Å². The highest BCUT2D eigenvalue weighted by Gasteiger charge is 2.23. The van der Waals surface area contributed by atoms with Crippen LogP contribution in [0.15, 0.2) is 170 Å². The first kappa shape index (κ1) is 28.6. The monoisotopic (exact) mass is 656 g/mol. The normalized spacial score (nSPS) is 11.6. The zero-order chi connectivity index (χ0) is 33.0. The van der Waals surface area contributed by atoms with Gasteiger partial charge in [-0.2, -0.15) is 0 Å². The van der Waals surface area contributed by atoms with E-state index >= 15 is 0 Å². The number of thiophene rings is 1. The summed E-state index contributed by atoms with van der Waals surface area (Å²) in [5.41, 5.74) is 8.53. The van der Waals surface area contributed by atoms with E-state index in [2.05, 4.69) is 138 Å². The molecule has 0 atom stereocenters. The summed E-state index contributed by atoms with van der Waals surface area (Å²) < 4.78 is 4.83. The van der Waals surface area contributed by atoms with Gasteiger partial charge in [0.2, 0.25) is 0 Å². The largest absolute Gasteiger partial charge is 0.308 e. The lowest BCUT2D eigenvalue weighted by atomic mass is 10.0. The van der Waals surface area contributed by atoms with Crippen molar-refractivity contribution in [3.8, 4) is 51.0 Å². The Labute approximate surface area is 292 Å². The summed E-state index contributed by atoms with van der Waals surface area (Å²) >= 11 is 1.80. The van der Waals surface area contributed by atoms with Gasteiger partial charge in [-0.05, 0) is 41.5 Å². The lowest BCUT2D eigenvalue weighted by Crippen LogP contribution is -2.04. The van der Waals surface area contributed by atoms with Crippen molar-refractivity contribution in [1.82, 2.24) is 19.5 Å². The molecule has 0 saturated heterocycles. The highest BCUT2D eigenvalue weighted by Crippen LogP contribution is 2.45. The van der Waals surface area contributed by atoms with Crippen LogP contribution in [0.1, 0.15) is 0 Å². The van der Waals surface area contributed by atoms with Crippen LogP contribution in [-0.2, 0) is 0 Å². The number of hydrogen-bond donors (Lipinski definition) is 0. The van der Waals surface area contributed by atoms with E-state index in [1.807, 2.05) is 36.4 Å². The topological polar surface area (TPSA) is 43.6 Å². The van der Waals surface area contributed by atoms with Gasteiger partial charge in [0.05, 0.1) is 22.3 Å². The van der Waals surface area contributed by atoms with Crippen molar-refractivity contribution in [2.24, 2.45) is 0 Å².